The van der Waals surface area contributed by atoms with Crippen molar-refractivity contribution in [3.8, 4) is 0 Å². The van der Waals surface area contributed by atoms with Gasteiger partial charge in [-0.1, -0.05) is 0 Å². The molecule has 0 aromatic carbocycles. The summed E-state index contributed by atoms with van der Waals surface area (Å²) in [5.74, 6) is -0.618. The number of aryl methyl sites for hydroxylation is 1. The molecule has 6 nitrogen and oxygen atoms in total. The van der Waals surface area contributed by atoms with Crippen LogP contribution in [0.5, 0.6) is 0 Å². The number of aromatic nitrogens is 2. The molecule has 1 aliphatic rings. The number of likely N-dealkylation sites (tertiary alicyclic amines) is 1. The van der Waals surface area contributed by atoms with Gasteiger partial charge in [-0.15, -0.1) is 0 Å². The van der Waals surface area contributed by atoms with Crippen LogP contribution in [0, 0.1) is 5.92 Å². The summed E-state index contributed by atoms with van der Waals surface area (Å²) in [5, 5.41) is 18.7. The lowest BCUT2D eigenvalue weighted by molar-refractivity contribution is -0.148. The minimum Gasteiger partial charge on any atom is -0.481 e. The minimum absolute atomic E-state index is 0.393. The van der Waals surface area contributed by atoms with Gasteiger partial charge in [0.05, 0.1) is 18.6 Å². The number of aliphatic hydroxyl groups excluding tert-OH is 1. The second kappa shape index (κ2) is 4.85. The lowest BCUT2D eigenvalue weighted by Crippen LogP contribution is -2.46. The van der Waals surface area contributed by atoms with Crippen molar-refractivity contribution in [2.75, 3.05) is 13.1 Å². The quantitative estimate of drug-likeness (QED) is 0.756. The van der Waals surface area contributed by atoms with E-state index >= 15 is 0 Å². The van der Waals surface area contributed by atoms with Gasteiger partial charge in [-0.25, -0.2) is 4.98 Å². The standard InChI is InChI=1S/C11H17N3O3/c1-13-5-3-12-10(13)7-14-4-2-8(11(16)17)9(15)6-14/h3,5,8-9,15H,2,4,6-7H2,1H3,(H,16,17)/t8-,9+/m0/s1. The first-order chi connectivity index (χ1) is 8.08. The van der Waals surface area contributed by atoms with Crippen LogP contribution in [-0.4, -0.2) is 49.8 Å². The van der Waals surface area contributed by atoms with Crippen molar-refractivity contribution >= 4 is 5.97 Å². The molecule has 17 heavy (non-hydrogen) atoms. The Kier molecular flexibility index (Phi) is 3.44. The van der Waals surface area contributed by atoms with E-state index in [9.17, 15) is 9.90 Å². The van der Waals surface area contributed by atoms with Crippen LogP contribution in [0.4, 0.5) is 0 Å². The van der Waals surface area contributed by atoms with E-state index in [0.717, 1.165) is 5.82 Å². The summed E-state index contributed by atoms with van der Waals surface area (Å²) in [4.78, 5) is 17.1. The van der Waals surface area contributed by atoms with Gasteiger partial charge in [-0.2, -0.15) is 0 Å². The third-order valence-corrected chi connectivity index (χ3v) is 3.27. The minimum atomic E-state index is -0.908. The van der Waals surface area contributed by atoms with Gasteiger partial charge in [0.1, 0.15) is 5.82 Å². The molecule has 2 N–H and O–H groups in total. The maximum Gasteiger partial charge on any atom is 0.309 e. The normalized spacial score (nSPS) is 26.0. The second-order valence-electron chi connectivity index (χ2n) is 4.49. The molecule has 1 fully saturated rings. The van der Waals surface area contributed by atoms with Crippen LogP contribution in [0.25, 0.3) is 0 Å². The summed E-state index contributed by atoms with van der Waals surface area (Å²) in [6.07, 6.45) is 3.30. The first-order valence-electron chi connectivity index (χ1n) is 5.67. The number of hydrogen-bond donors (Lipinski definition) is 2. The van der Waals surface area contributed by atoms with Crippen LogP contribution >= 0.6 is 0 Å². The van der Waals surface area contributed by atoms with Crippen LogP contribution in [0.2, 0.25) is 0 Å². The highest BCUT2D eigenvalue weighted by Gasteiger charge is 2.32. The highest BCUT2D eigenvalue weighted by Crippen LogP contribution is 2.19. The molecule has 0 amide bonds. The molecule has 2 heterocycles. The van der Waals surface area contributed by atoms with Crippen molar-refractivity contribution in [3.63, 3.8) is 0 Å². The average molecular weight is 239 g/mol. The van der Waals surface area contributed by atoms with Gasteiger partial charge in [0.2, 0.25) is 0 Å². The molecule has 0 bridgehead atoms. The van der Waals surface area contributed by atoms with Crippen LogP contribution in [0.15, 0.2) is 12.4 Å². The number of imidazole rings is 1. The first-order valence-corrected chi connectivity index (χ1v) is 5.67. The fourth-order valence-electron chi connectivity index (χ4n) is 2.18. The molecular weight excluding hydrogens is 222 g/mol. The summed E-state index contributed by atoms with van der Waals surface area (Å²) in [7, 11) is 1.92. The molecule has 94 valence electrons. The van der Waals surface area contributed by atoms with E-state index in [-0.39, 0.29) is 0 Å². The molecule has 0 saturated carbocycles. The molecule has 0 radical (unpaired) electrons. The predicted molar refractivity (Wildman–Crippen MR) is 60.2 cm³/mol. The van der Waals surface area contributed by atoms with Gasteiger partial charge in [-0.05, 0) is 13.0 Å². The van der Waals surface area contributed by atoms with Crippen molar-refractivity contribution in [2.45, 2.75) is 19.1 Å². The van der Waals surface area contributed by atoms with E-state index in [4.69, 9.17) is 5.11 Å². The van der Waals surface area contributed by atoms with E-state index in [1.807, 2.05) is 22.7 Å². The van der Waals surface area contributed by atoms with E-state index in [2.05, 4.69) is 4.98 Å². The van der Waals surface area contributed by atoms with Crippen LogP contribution < -0.4 is 0 Å². The Bertz CT molecular complexity index is 404. The van der Waals surface area contributed by atoms with Crippen molar-refractivity contribution in [2.24, 2.45) is 13.0 Å². The molecule has 2 atom stereocenters. The van der Waals surface area contributed by atoms with E-state index in [0.29, 0.717) is 26.1 Å². The molecule has 6 heteroatoms. The number of rotatable bonds is 3. The predicted octanol–water partition coefficient (Wildman–Crippen LogP) is -0.312. The molecule has 1 aromatic heterocycles. The topological polar surface area (TPSA) is 78.6 Å². The van der Waals surface area contributed by atoms with E-state index in [1.54, 1.807) is 6.20 Å². The van der Waals surface area contributed by atoms with Crippen molar-refractivity contribution in [1.29, 1.82) is 0 Å². The summed E-state index contributed by atoms with van der Waals surface area (Å²) in [6, 6.07) is 0. The highest BCUT2D eigenvalue weighted by atomic mass is 16.4. The Morgan fingerprint density at radius 2 is 2.41 bits per heavy atom. The summed E-state index contributed by atoms with van der Waals surface area (Å²) >= 11 is 0. The van der Waals surface area contributed by atoms with E-state index in [1.165, 1.54) is 0 Å². The lowest BCUT2D eigenvalue weighted by Gasteiger charge is -2.33. The molecule has 0 unspecified atom stereocenters. The van der Waals surface area contributed by atoms with E-state index < -0.39 is 18.0 Å². The van der Waals surface area contributed by atoms with Crippen LogP contribution in [0.3, 0.4) is 0 Å². The van der Waals surface area contributed by atoms with Crippen molar-refractivity contribution in [1.82, 2.24) is 14.5 Å². The lowest BCUT2D eigenvalue weighted by atomic mass is 9.94. The number of piperidine rings is 1. The van der Waals surface area contributed by atoms with Gasteiger partial charge in [0.25, 0.3) is 0 Å². The smallest absolute Gasteiger partial charge is 0.309 e. The molecule has 1 aliphatic heterocycles. The Morgan fingerprint density at radius 3 is 2.94 bits per heavy atom. The number of β-amino-alcohol motifs (C(OH)–C–C–N with tert-alkyl or cyclic N) is 1. The summed E-state index contributed by atoms with van der Waals surface area (Å²) in [6.45, 7) is 1.72. The van der Waals surface area contributed by atoms with Gasteiger partial charge >= 0.3 is 5.97 Å². The number of carboxylic acid groups (broad SMARTS) is 1. The molecule has 2 rings (SSSR count). The van der Waals surface area contributed by atoms with Gasteiger partial charge < -0.3 is 14.8 Å². The summed E-state index contributed by atoms with van der Waals surface area (Å²) in [5.41, 5.74) is 0. The van der Waals surface area contributed by atoms with Gasteiger partial charge in [0.15, 0.2) is 0 Å². The largest absolute Gasteiger partial charge is 0.481 e. The molecule has 0 aliphatic carbocycles. The molecule has 1 saturated heterocycles. The number of aliphatic carboxylic acids is 1. The average Bonchev–Trinajstić information content (AvgIpc) is 2.64. The fourth-order valence-corrected chi connectivity index (χ4v) is 2.18. The number of carboxylic acids is 1. The zero-order chi connectivity index (χ0) is 12.4. The molecule has 0 spiro atoms. The summed E-state index contributed by atoms with van der Waals surface area (Å²) < 4.78 is 1.93. The Labute approximate surface area is 99.5 Å². The Hall–Kier alpha value is -1.40. The van der Waals surface area contributed by atoms with Gasteiger partial charge in [-0.3, -0.25) is 9.69 Å². The van der Waals surface area contributed by atoms with Gasteiger partial charge in [0, 0.05) is 26.0 Å². The Morgan fingerprint density at radius 1 is 1.65 bits per heavy atom. The number of nitrogens with zero attached hydrogens (tertiary/aromatic N) is 3. The zero-order valence-corrected chi connectivity index (χ0v) is 9.78. The first kappa shape index (κ1) is 12.1. The highest BCUT2D eigenvalue weighted by molar-refractivity contribution is 5.70. The molecule has 1 aromatic rings. The number of aliphatic hydroxyl groups is 1. The fraction of sp³-hybridized carbons (Fsp3) is 0.636. The number of carbonyl (C=O) groups is 1. The Balaban J connectivity index is 1.94. The van der Waals surface area contributed by atoms with Crippen molar-refractivity contribution in [3.05, 3.63) is 18.2 Å². The SMILES string of the molecule is Cn1ccnc1CN1CC[C@H](C(=O)O)[C@H](O)C1. The molecular formula is C11H17N3O3. The third-order valence-electron chi connectivity index (χ3n) is 3.27. The third kappa shape index (κ3) is 2.65. The van der Waals surface area contributed by atoms with Crippen LogP contribution in [-0.2, 0) is 18.4 Å². The van der Waals surface area contributed by atoms with Crippen LogP contribution in [0.1, 0.15) is 12.2 Å². The van der Waals surface area contributed by atoms with Crippen molar-refractivity contribution < 1.29 is 15.0 Å². The number of hydrogen-bond acceptors (Lipinski definition) is 4. The second-order valence-corrected chi connectivity index (χ2v) is 4.49. The maximum atomic E-state index is 10.8. The monoisotopic (exact) mass is 239 g/mol. The maximum absolute atomic E-state index is 10.8. The zero-order valence-electron chi connectivity index (χ0n) is 9.78.